The number of amides is 1. The van der Waals surface area contributed by atoms with Crippen LogP contribution in [0.1, 0.15) is 5.69 Å². The van der Waals surface area contributed by atoms with Crippen molar-refractivity contribution in [1.82, 2.24) is 10.3 Å². The van der Waals surface area contributed by atoms with Crippen LogP contribution < -0.4 is 14.4 Å². The average molecular weight is 349 g/mol. The van der Waals surface area contributed by atoms with Crippen molar-refractivity contribution in [3.05, 3.63) is 54.4 Å². The van der Waals surface area contributed by atoms with E-state index in [1.54, 1.807) is 42.6 Å². The van der Waals surface area contributed by atoms with E-state index in [2.05, 4.69) is 10.3 Å². The van der Waals surface area contributed by atoms with Gasteiger partial charge in [0.05, 0.1) is 31.3 Å². The van der Waals surface area contributed by atoms with Gasteiger partial charge in [0.25, 0.3) is 0 Å². The van der Waals surface area contributed by atoms with Crippen molar-refractivity contribution in [3.8, 4) is 5.75 Å². The molecule has 0 saturated carbocycles. The fraction of sp³-hybridized carbons (Fsp3) is 0.250. The number of methoxy groups -OCH3 is 1. The number of hydrogen-bond donors (Lipinski definition) is 1. The minimum absolute atomic E-state index is 0.232. The summed E-state index contributed by atoms with van der Waals surface area (Å²) in [7, 11) is -2.13. The second-order valence-corrected chi connectivity index (χ2v) is 6.98. The van der Waals surface area contributed by atoms with Crippen molar-refractivity contribution < 1.29 is 17.9 Å². The molecule has 0 bridgehead atoms. The molecule has 2 aromatic rings. The number of carbonyl (C=O) groups is 1. The van der Waals surface area contributed by atoms with Crippen LogP contribution >= 0.6 is 0 Å². The molecule has 0 radical (unpaired) electrons. The zero-order chi connectivity index (χ0) is 17.6. The smallest absolute Gasteiger partial charge is 0.241 e. The molecule has 24 heavy (non-hydrogen) atoms. The number of carbonyl (C=O) groups excluding carboxylic acids is 1. The fourth-order valence-electron chi connectivity index (χ4n) is 2.04. The Morgan fingerprint density at radius 1 is 1.25 bits per heavy atom. The topological polar surface area (TPSA) is 88.6 Å². The van der Waals surface area contributed by atoms with Crippen LogP contribution in [0, 0.1) is 0 Å². The van der Waals surface area contributed by atoms with Gasteiger partial charge in [-0.05, 0) is 24.3 Å². The zero-order valence-electron chi connectivity index (χ0n) is 13.5. The maximum absolute atomic E-state index is 12.1. The van der Waals surface area contributed by atoms with Gasteiger partial charge in [0.15, 0.2) is 0 Å². The Labute approximate surface area is 141 Å². The Hall–Kier alpha value is -2.61. The first-order valence-electron chi connectivity index (χ1n) is 7.18. The van der Waals surface area contributed by atoms with Crippen LogP contribution in [-0.4, -0.2) is 39.2 Å². The second-order valence-electron chi connectivity index (χ2n) is 5.07. The third-order valence-electron chi connectivity index (χ3n) is 3.22. The number of pyridine rings is 1. The number of sulfonamides is 1. The van der Waals surface area contributed by atoms with Gasteiger partial charge in [0.1, 0.15) is 12.3 Å². The van der Waals surface area contributed by atoms with Gasteiger partial charge in [-0.25, -0.2) is 8.42 Å². The van der Waals surface area contributed by atoms with Crippen LogP contribution in [0.2, 0.25) is 0 Å². The average Bonchev–Trinajstić information content (AvgIpc) is 2.58. The highest BCUT2D eigenvalue weighted by Crippen LogP contribution is 2.22. The monoisotopic (exact) mass is 349 g/mol. The molecular weight excluding hydrogens is 330 g/mol. The van der Waals surface area contributed by atoms with E-state index >= 15 is 0 Å². The Kier molecular flexibility index (Phi) is 5.75. The van der Waals surface area contributed by atoms with Crippen molar-refractivity contribution in [3.63, 3.8) is 0 Å². The normalized spacial score (nSPS) is 10.9. The molecule has 0 aliphatic heterocycles. The second kappa shape index (κ2) is 7.78. The largest absolute Gasteiger partial charge is 0.497 e. The van der Waals surface area contributed by atoms with E-state index in [1.165, 1.54) is 7.11 Å². The summed E-state index contributed by atoms with van der Waals surface area (Å²) in [6, 6.07) is 11.9. The van der Waals surface area contributed by atoms with Gasteiger partial charge in [-0.15, -0.1) is 0 Å². The number of nitrogens with zero attached hydrogens (tertiary/aromatic N) is 2. The molecule has 1 heterocycles. The van der Waals surface area contributed by atoms with Crippen molar-refractivity contribution in [2.45, 2.75) is 6.54 Å². The molecule has 1 aromatic heterocycles. The highest BCUT2D eigenvalue weighted by molar-refractivity contribution is 7.92. The van der Waals surface area contributed by atoms with Gasteiger partial charge < -0.3 is 10.1 Å². The first-order chi connectivity index (χ1) is 11.4. The van der Waals surface area contributed by atoms with Crippen LogP contribution in [-0.2, 0) is 21.4 Å². The number of benzene rings is 1. The molecule has 0 spiro atoms. The summed E-state index contributed by atoms with van der Waals surface area (Å²) >= 11 is 0. The molecule has 1 N–H and O–H groups in total. The Balaban J connectivity index is 2.10. The molecule has 8 heteroatoms. The molecule has 0 aliphatic rings. The number of anilines is 1. The highest BCUT2D eigenvalue weighted by Gasteiger charge is 2.21. The summed E-state index contributed by atoms with van der Waals surface area (Å²) in [5.41, 5.74) is 1.06. The number of ether oxygens (including phenoxy) is 1. The van der Waals surface area contributed by atoms with Crippen molar-refractivity contribution in [2.24, 2.45) is 0 Å². The predicted molar refractivity (Wildman–Crippen MR) is 91.3 cm³/mol. The van der Waals surface area contributed by atoms with Crippen LogP contribution in [0.3, 0.4) is 0 Å². The Morgan fingerprint density at radius 2 is 2.04 bits per heavy atom. The molecule has 0 fully saturated rings. The van der Waals surface area contributed by atoms with Crippen LogP contribution in [0.5, 0.6) is 5.75 Å². The summed E-state index contributed by atoms with van der Waals surface area (Å²) < 4.78 is 30.2. The van der Waals surface area contributed by atoms with Gasteiger partial charge in [-0.2, -0.15) is 0 Å². The molecule has 2 rings (SSSR count). The van der Waals surface area contributed by atoms with E-state index < -0.39 is 15.9 Å². The molecule has 1 aromatic carbocycles. The van der Waals surface area contributed by atoms with E-state index in [4.69, 9.17) is 4.74 Å². The molecule has 0 aliphatic carbocycles. The number of rotatable bonds is 7. The Bertz CT molecular complexity index is 794. The van der Waals surface area contributed by atoms with E-state index in [0.29, 0.717) is 17.1 Å². The van der Waals surface area contributed by atoms with Gasteiger partial charge >= 0.3 is 0 Å². The third kappa shape index (κ3) is 4.95. The SMILES string of the molecule is COc1cccc(N(CC(=O)NCc2ccccn2)S(C)(=O)=O)c1. The van der Waals surface area contributed by atoms with E-state index in [9.17, 15) is 13.2 Å². The lowest BCUT2D eigenvalue weighted by molar-refractivity contribution is -0.119. The lowest BCUT2D eigenvalue weighted by Gasteiger charge is -2.22. The molecule has 0 unspecified atom stereocenters. The van der Waals surface area contributed by atoms with Crippen molar-refractivity contribution in [1.29, 1.82) is 0 Å². The molecular formula is C16H19N3O4S. The van der Waals surface area contributed by atoms with Gasteiger partial charge in [-0.3, -0.25) is 14.1 Å². The minimum atomic E-state index is -3.62. The predicted octanol–water partition coefficient (Wildman–Crippen LogP) is 1.17. The third-order valence-corrected chi connectivity index (χ3v) is 4.36. The molecule has 1 amide bonds. The van der Waals surface area contributed by atoms with Crippen molar-refractivity contribution >= 4 is 21.6 Å². The summed E-state index contributed by atoms with van der Waals surface area (Å²) in [6.07, 6.45) is 2.68. The Morgan fingerprint density at radius 3 is 2.67 bits per heavy atom. The highest BCUT2D eigenvalue weighted by atomic mass is 32.2. The molecule has 7 nitrogen and oxygen atoms in total. The summed E-state index contributed by atoms with van der Waals surface area (Å²) in [5, 5.41) is 2.66. The quantitative estimate of drug-likeness (QED) is 0.811. The zero-order valence-corrected chi connectivity index (χ0v) is 14.3. The standard InChI is InChI=1S/C16H19N3O4S/c1-23-15-8-5-7-14(10-15)19(24(2,21)22)12-16(20)18-11-13-6-3-4-9-17-13/h3-10H,11-12H2,1-2H3,(H,18,20). The summed E-state index contributed by atoms with van der Waals surface area (Å²) in [6.45, 7) is -0.0891. The van der Waals surface area contributed by atoms with Crippen LogP contribution in [0.15, 0.2) is 48.7 Å². The van der Waals surface area contributed by atoms with Gasteiger partial charge in [0, 0.05) is 12.3 Å². The first kappa shape index (κ1) is 17.7. The molecule has 128 valence electrons. The van der Waals surface area contributed by atoms with Crippen LogP contribution in [0.4, 0.5) is 5.69 Å². The number of aromatic nitrogens is 1. The van der Waals surface area contributed by atoms with Crippen molar-refractivity contribution in [2.75, 3.05) is 24.2 Å². The van der Waals surface area contributed by atoms with Gasteiger partial charge in [0.2, 0.25) is 15.9 Å². The van der Waals surface area contributed by atoms with E-state index in [1.807, 2.05) is 6.07 Å². The number of hydrogen-bond acceptors (Lipinski definition) is 5. The minimum Gasteiger partial charge on any atom is -0.497 e. The first-order valence-corrected chi connectivity index (χ1v) is 9.03. The fourth-order valence-corrected chi connectivity index (χ4v) is 2.89. The summed E-state index contributed by atoms with van der Waals surface area (Å²) in [4.78, 5) is 16.2. The lowest BCUT2D eigenvalue weighted by atomic mass is 10.3. The molecule has 0 atom stereocenters. The molecule has 0 saturated heterocycles. The van der Waals surface area contributed by atoms with E-state index in [0.717, 1.165) is 10.6 Å². The van der Waals surface area contributed by atoms with Gasteiger partial charge in [-0.1, -0.05) is 12.1 Å². The number of nitrogens with one attached hydrogen (secondary N) is 1. The van der Waals surface area contributed by atoms with E-state index in [-0.39, 0.29) is 13.1 Å². The maximum Gasteiger partial charge on any atom is 0.241 e. The lowest BCUT2D eigenvalue weighted by Crippen LogP contribution is -2.40. The summed E-state index contributed by atoms with van der Waals surface area (Å²) in [5.74, 6) is 0.0870. The maximum atomic E-state index is 12.1. The van der Waals surface area contributed by atoms with Crippen LogP contribution in [0.25, 0.3) is 0 Å².